The Morgan fingerprint density at radius 1 is 1.08 bits per heavy atom. The van der Waals surface area contributed by atoms with Crippen LogP contribution in [0, 0.1) is 0 Å². The van der Waals surface area contributed by atoms with Crippen molar-refractivity contribution in [1.29, 1.82) is 0 Å². The van der Waals surface area contributed by atoms with E-state index in [9.17, 15) is 22.8 Å². The number of nitrogens with one attached hydrogen (secondary N) is 1. The molecule has 0 unspecified atom stereocenters. The summed E-state index contributed by atoms with van der Waals surface area (Å²) in [6, 6.07) is 11.2. The summed E-state index contributed by atoms with van der Waals surface area (Å²) in [7, 11) is 0. The number of hydrogen-bond donors (Lipinski definition) is 1. The first-order valence-electron chi connectivity index (χ1n) is 7.11. The Hall–Kier alpha value is -2.35. The van der Waals surface area contributed by atoms with Crippen LogP contribution in [0.25, 0.3) is 0 Å². The maximum absolute atomic E-state index is 12.6. The zero-order valence-electron chi connectivity index (χ0n) is 12.8. The molecule has 0 saturated carbocycles. The molecular formula is C17H13BrF3NO3. The van der Waals surface area contributed by atoms with E-state index in [1.54, 1.807) is 24.3 Å². The third kappa shape index (κ3) is 6.22. The van der Waals surface area contributed by atoms with Crippen molar-refractivity contribution in [3.63, 3.8) is 0 Å². The van der Waals surface area contributed by atoms with Crippen LogP contribution in [0.3, 0.4) is 0 Å². The van der Waals surface area contributed by atoms with Gasteiger partial charge in [-0.25, -0.2) is 0 Å². The van der Waals surface area contributed by atoms with Gasteiger partial charge in [-0.3, -0.25) is 9.59 Å². The van der Waals surface area contributed by atoms with Gasteiger partial charge in [-0.15, -0.1) is 0 Å². The molecule has 0 radical (unpaired) electrons. The summed E-state index contributed by atoms with van der Waals surface area (Å²) in [6.45, 7) is -0.524. The van der Waals surface area contributed by atoms with E-state index in [1.165, 1.54) is 12.1 Å². The Balaban J connectivity index is 1.85. The summed E-state index contributed by atoms with van der Waals surface area (Å²) >= 11 is 3.25. The highest BCUT2D eigenvalue weighted by molar-refractivity contribution is 9.10. The molecule has 8 heteroatoms. The predicted molar refractivity (Wildman–Crippen MR) is 88.9 cm³/mol. The number of ether oxygens (including phenoxy) is 1. The Labute approximate surface area is 150 Å². The molecule has 4 nitrogen and oxygen atoms in total. The zero-order valence-corrected chi connectivity index (χ0v) is 14.4. The molecular weight excluding hydrogens is 403 g/mol. The molecule has 2 aromatic carbocycles. The van der Waals surface area contributed by atoms with E-state index in [2.05, 4.69) is 21.2 Å². The number of carbonyl (C=O) groups excluding carboxylic acids is 2. The van der Waals surface area contributed by atoms with Gasteiger partial charge in [0.05, 0.1) is 12.0 Å². The molecule has 0 aliphatic heterocycles. The second kappa shape index (κ2) is 8.15. The number of halogens is 4. The van der Waals surface area contributed by atoms with E-state index in [0.717, 1.165) is 16.6 Å². The van der Waals surface area contributed by atoms with Gasteiger partial charge in [-0.2, -0.15) is 13.2 Å². The molecule has 0 saturated heterocycles. The topological polar surface area (TPSA) is 55.4 Å². The summed E-state index contributed by atoms with van der Waals surface area (Å²) in [4.78, 5) is 23.4. The molecule has 1 amide bonds. The van der Waals surface area contributed by atoms with Crippen molar-refractivity contribution in [3.05, 3.63) is 64.1 Å². The minimum atomic E-state index is -4.48. The van der Waals surface area contributed by atoms with Crippen LogP contribution in [-0.2, 0) is 26.9 Å². The Morgan fingerprint density at radius 2 is 1.80 bits per heavy atom. The molecule has 1 N–H and O–H groups in total. The predicted octanol–water partition coefficient (Wildman–Crippen LogP) is 4.19. The van der Waals surface area contributed by atoms with Crippen LogP contribution in [0.4, 0.5) is 18.9 Å². The lowest BCUT2D eigenvalue weighted by molar-refractivity contribution is -0.146. The van der Waals surface area contributed by atoms with Crippen LogP contribution in [0.5, 0.6) is 0 Å². The molecule has 0 fully saturated rings. The maximum atomic E-state index is 12.6. The Morgan fingerprint density at radius 3 is 2.48 bits per heavy atom. The summed E-state index contributed by atoms with van der Waals surface area (Å²) in [5, 5.41) is 2.54. The zero-order chi connectivity index (χ0) is 18.4. The van der Waals surface area contributed by atoms with Crippen molar-refractivity contribution in [1.82, 2.24) is 0 Å². The number of benzene rings is 2. The molecule has 0 spiro atoms. The monoisotopic (exact) mass is 415 g/mol. The van der Waals surface area contributed by atoms with Gasteiger partial charge in [0.2, 0.25) is 0 Å². The second-order valence-corrected chi connectivity index (χ2v) is 6.01. The van der Waals surface area contributed by atoms with Gasteiger partial charge >= 0.3 is 12.1 Å². The fraction of sp³-hybridized carbons (Fsp3) is 0.176. The van der Waals surface area contributed by atoms with E-state index < -0.39 is 30.2 Å². The van der Waals surface area contributed by atoms with Crippen molar-refractivity contribution in [3.8, 4) is 0 Å². The fourth-order valence-electron chi connectivity index (χ4n) is 1.98. The number of hydrogen-bond acceptors (Lipinski definition) is 3. The van der Waals surface area contributed by atoms with Crippen LogP contribution in [0.1, 0.15) is 11.1 Å². The Kier molecular flexibility index (Phi) is 6.19. The smallest absolute Gasteiger partial charge is 0.416 e. The first kappa shape index (κ1) is 19.0. The average molecular weight is 416 g/mol. The Bertz CT molecular complexity index is 778. The largest absolute Gasteiger partial charge is 0.455 e. The normalized spacial score (nSPS) is 11.0. The molecule has 2 rings (SSSR count). The van der Waals surface area contributed by atoms with Crippen LogP contribution >= 0.6 is 15.9 Å². The van der Waals surface area contributed by atoms with Gasteiger partial charge in [0.25, 0.3) is 5.91 Å². The first-order valence-corrected chi connectivity index (χ1v) is 7.90. The molecule has 25 heavy (non-hydrogen) atoms. The van der Waals surface area contributed by atoms with Crippen LogP contribution in [0.15, 0.2) is 53.0 Å². The lowest BCUT2D eigenvalue weighted by atomic mass is 10.1. The summed E-state index contributed by atoms with van der Waals surface area (Å²) < 4.78 is 43.4. The summed E-state index contributed by atoms with van der Waals surface area (Å²) in [5.74, 6) is -1.33. The quantitative estimate of drug-likeness (QED) is 0.744. The molecule has 0 atom stereocenters. The number of rotatable bonds is 5. The maximum Gasteiger partial charge on any atom is 0.416 e. The van der Waals surface area contributed by atoms with E-state index in [-0.39, 0.29) is 12.0 Å². The van der Waals surface area contributed by atoms with Crippen molar-refractivity contribution in [2.45, 2.75) is 12.6 Å². The molecule has 132 valence electrons. The molecule has 0 heterocycles. The van der Waals surface area contributed by atoms with Crippen molar-refractivity contribution < 1.29 is 27.5 Å². The third-order valence-electron chi connectivity index (χ3n) is 3.08. The number of carbonyl (C=O) groups is 2. The lowest BCUT2D eigenvalue weighted by Gasteiger charge is -2.09. The third-order valence-corrected chi connectivity index (χ3v) is 3.57. The molecule has 0 bridgehead atoms. The van der Waals surface area contributed by atoms with Gasteiger partial charge < -0.3 is 10.1 Å². The van der Waals surface area contributed by atoms with Crippen LogP contribution in [0.2, 0.25) is 0 Å². The second-order valence-electron chi connectivity index (χ2n) is 5.09. The van der Waals surface area contributed by atoms with Gasteiger partial charge in [-0.1, -0.05) is 40.2 Å². The van der Waals surface area contributed by atoms with E-state index in [0.29, 0.717) is 5.69 Å². The summed E-state index contributed by atoms with van der Waals surface area (Å²) in [5.41, 5.74) is -0.161. The molecule has 0 aliphatic rings. The fourth-order valence-corrected chi connectivity index (χ4v) is 2.38. The summed E-state index contributed by atoms with van der Waals surface area (Å²) in [6.07, 6.45) is -4.84. The van der Waals surface area contributed by atoms with Crippen molar-refractivity contribution in [2.24, 2.45) is 0 Å². The number of anilines is 1. The number of alkyl halides is 3. The highest BCUT2D eigenvalue weighted by Gasteiger charge is 2.30. The average Bonchev–Trinajstić information content (AvgIpc) is 2.52. The minimum absolute atomic E-state index is 0.159. The lowest BCUT2D eigenvalue weighted by Crippen LogP contribution is -2.21. The highest BCUT2D eigenvalue weighted by atomic mass is 79.9. The van der Waals surface area contributed by atoms with E-state index >= 15 is 0 Å². The SMILES string of the molecule is O=C(COC(=O)Cc1cccc(C(F)(F)F)c1)Nc1cccc(Br)c1. The number of esters is 1. The highest BCUT2D eigenvalue weighted by Crippen LogP contribution is 2.29. The first-order chi connectivity index (χ1) is 11.7. The molecule has 2 aromatic rings. The van der Waals surface area contributed by atoms with Crippen molar-refractivity contribution >= 4 is 33.5 Å². The standard InChI is InChI=1S/C17H13BrF3NO3/c18-13-5-2-6-14(9-13)22-15(23)10-25-16(24)8-11-3-1-4-12(7-11)17(19,20)21/h1-7,9H,8,10H2,(H,22,23). The molecule has 0 aliphatic carbocycles. The van der Waals surface area contributed by atoms with Gasteiger partial charge in [0.1, 0.15) is 0 Å². The van der Waals surface area contributed by atoms with Crippen LogP contribution < -0.4 is 5.32 Å². The van der Waals surface area contributed by atoms with E-state index in [1.807, 2.05) is 0 Å². The van der Waals surface area contributed by atoms with Gasteiger partial charge in [-0.05, 0) is 29.8 Å². The van der Waals surface area contributed by atoms with Crippen molar-refractivity contribution in [2.75, 3.05) is 11.9 Å². The molecule has 0 aromatic heterocycles. The minimum Gasteiger partial charge on any atom is -0.455 e. The van der Waals surface area contributed by atoms with Gasteiger partial charge in [0, 0.05) is 10.2 Å². The van der Waals surface area contributed by atoms with Gasteiger partial charge in [0.15, 0.2) is 6.61 Å². The van der Waals surface area contributed by atoms with Crippen LogP contribution in [-0.4, -0.2) is 18.5 Å². The van der Waals surface area contributed by atoms with E-state index in [4.69, 9.17) is 4.74 Å². The number of amides is 1.